The number of hydrogen-bond donors (Lipinski definition) is 0. The molecule has 0 atom stereocenters. The summed E-state index contributed by atoms with van der Waals surface area (Å²) >= 11 is 0. The van der Waals surface area contributed by atoms with Crippen molar-refractivity contribution >= 4 is 11.0 Å². The number of methoxy groups -OCH3 is 1. The minimum atomic E-state index is 0.723. The first-order valence-electron chi connectivity index (χ1n) is 5.61. The smallest absolute Gasteiger partial charge is 0.121 e. The molecule has 0 aliphatic carbocycles. The summed E-state index contributed by atoms with van der Waals surface area (Å²) in [5.41, 5.74) is 1.72. The molecule has 3 rings (SSSR count). The van der Waals surface area contributed by atoms with Crippen LogP contribution in [0.5, 0.6) is 5.75 Å². The molecule has 0 unspecified atom stereocenters. The molecule has 2 heterocycles. The molecule has 1 aliphatic rings. The van der Waals surface area contributed by atoms with Crippen LogP contribution in [0.15, 0.2) is 18.2 Å². The minimum Gasteiger partial charge on any atom is -0.497 e. The van der Waals surface area contributed by atoms with E-state index >= 15 is 0 Å². The number of fused-ring (bicyclic) bond motifs is 1. The van der Waals surface area contributed by atoms with E-state index in [0.717, 1.165) is 43.1 Å². The summed E-state index contributed by atoms with van der Waals surface area (Å²) in [6.45, 7) is 3.08. The van der Waals surface area contributed by atoms with Crippen molar-refractivity contribution in [2.75, 3.05) is 38.4 Å². The summed E-state index contributed by atoms with van der Waals surface area (Å²) in [5.74, 6) is 0.798. The van der Waals surface area contributed by atoms with E-state index in [4.69, 9.17) is 9.47 Å². The quantitative estimate of drug-likeness (QED) is 0.753. The first kappa shape index (κ1) is 10.3. The van der Waals surface area contributed by atoms with Crippen molar-refractivity contribution in [3.8, 4) is 5.75 Å². The normalized spacial score (nSPS) is 16.4. The Labute approximate surface area is 98.7 Å². The zero-order valence-corrected chi connectivity index (χ0v) is 9.67. The zero-order valence-electron chi connectivity index (χ0n) is 9.67. The summed E-state index contributed by atoms with van der Waals surface area (Å²) in [6, 6.07) is 5.69. The van der Waals surface area contributed by atoms with Gasteiger partial charge in [-0.1, -0.05) is 4.91 Å². The molecule has 0 N–H and O–H groups in total. The lowest BCUT2D eigenvalue weighted by Gasteiger charge is -2.26. The van der Waals surface area contributed by atoms with E-state index in [2.05, 4.69) is 15.2 Å². The first-order chi connectivity index (χ1) is 8.36. The van der Waals surface area contributed by atoms with E-state index in [1.807, 2.05) is 18.2 Å². The molecule has 1 saturated heterocycles. The number of nitrogens with zero attached hydrogens (tertiary/aromatic N) is 4. The Morgan fingerprint density at radius 2 is 1.94 bits per heavy atom. The van der Waals surface area contributed by atoms with Crippen molar-refractivity contribution in [1.29, 1.82) is 0 Å². The highest BCUT2D eigenvalue weighted by Crippen LogP contribution is 2.17. The molecule has 1 aromatic carbocycles. The lowest BCUT2D eigenvalue weighted by molar-refractivity contribution is 0.106. The molecule has 1 aliphatic heterocycles. The Kier molecular flexibility index (Phi) is 2.56. The Morgan fingerprint density at radius 1 is 1.18 bits per heavy atom. The molecule has 0 spiro atoms. The third-order valence-corrected chi connectivity index (χ3v) is 2.82. The molecule has 6 nitrogen and oxygen atoms in total. The van der Waals surface area contributed by atoms with E-state index in [1.165, 1.54) is 0 Å². The summed E-state index contributed by atoms with van der Waals surface area (Å²) < 4.78 is 10.5. The molecule has 1 fully saturated rings. The van der Waals surface area contributed by atoms with Crippen molar-refractivity contribution in [2.45, 2.75) is 0 Å². The van der Waals surface area contributed by atoms with Crippen molar-refractivity contribution < 1.29 is 9.47 Å². The van der Waals surface area contributed by atoms with Crippen LogP contribution in [0.4, 0.5) is 0 Å². The van der Waals surface area contributed by atoms with Gasteiger partial charge in [-0.3, -0.25) is 5.01 Å². The summed E-state index contributed by atoms with van der Waals surface area (Å²) in [5, 5.41) is 10.9. The number of rotatable bonds is 2. The Hall–Kier alpha value is -1.82. The van der Waals surface area contributed by atoms with Gasteiger partial charge in [-0.25, -0.2) is 0 Å². The second kappa shape index (κ2) is 4.21. The molecular formula is C11H14N4O2. The second-order valence-corrected chi connectivity index (χ2v) is 3.89. The van der Waals surface area contributed by atoms with Crippen molar-refractivity contribution in [3.05, 3.63) is 18.2 Å². The predicted octanol–water partition coefficient (Wildman–Crippen LogP) is 0.408. The topological polar surface area (TPSA) is 52.4 Å². The van der Waals surface area contributed by atoms with Gasteiger partial charge in [0.05, 0.1) is 33.4 Å². The van der Waals surface area contributed by atoms with Crippen LogP contribution in [0.25, 0.3) is 11.0 Å². The Morgan fingerprint density at radius 3 is 2.71 bits per heavy atom. The maximum atomic E-state index is 5.30. The summed E-state index contributed by atoms with van der Waals surface area (Å²) in [7, 11) is 1.65. The number of aromatic nitrogens is 3. The lowest BCUT2D eigenvalue weighted by atomic mass is 10.3. The molecule has 2 aromatic rings. The number of hydrogen-bond acceptors (Lipinski definition) is 5. The van der Waals surface area contributed by atoms with Gasteiger partial charge in [0.1, 0.15) is 16.8 Å². The van der Waals surface area contributed by atoms with Gasteiger partial charge in [-0.2, -0.15) is 0 Å². The van der Waals surface area contributed by atoms with E-state index in [9.17, 15) is 0 Å². The highest BCUT2D eigenvalue weighted by Gasteiger charge is 2.13. The highest BCUT2D eigenvalue weighted by molar-refractivity contribution is 5.75. The molecule has 0 bridgehead atoms. The molecule has 1 aromatic heterocycles. The second-order valence-electron chi connectivity index (χ2n) is 3.89. The van der Waals surface area contributed by atoms with Crippen molar-refractivity contribution in [1.82, 2.24) is 15.1 Å². The molecule has 90 valence electrons. The van der Waals surface area contributed by atoms with Crippen LogP contribution in [0, 0.1) is 0 Å². The fraction of sp³-hybridized carbons (Fsp3) is 0.455. The predicted molar refractivity (Wildman–Crippen MR) is 62.9 cm³/mol. The summed E-state index contributed by atoms with van der Waals surface area (Å²) in [4.78, 5) is 1.66. The van der Waals surface area contributed by atoms with Crippen LogP contribution in [0.1, 0.15) is 0 Å². The van der Waals surface area contributed by atoms with Crippen LogP contribution in [-0.4, -0.2) is 48.5 Å². The molecule has 0 amide bonds. The van der Waals surface area contributed by atoms with Crippen LogP contribution in [-0.2, 0) is 4.74 Å². The van der Waals surface area contributed by atoms with E-state index < -0.39 is 0 Å². The third-order valence-electron chi connectivity index (χ3n) is 2.82. The van der Waals surface area contributed by atoms with Crippen LogP contribution in [0.3, 0.4) is 0 Å². The van der Waals surface area contributed by atoms with Gasteiger partial charge >= 0.3 is 0 Å². The van der Waals surface area contributed by atoms with Crippen LogP contribution >= 0.6 is 0 Å². The van der Waals surface area contributed by atoms with Crippen LogP contribution < -0.4 is 9.75 Å². The van der Waals surface area contributed by atoms with Crippen molar-refractivity contribution in [3.63, 3.8) is 0 Å². The average Bonchev–Trinajstić information content (AvgIpc) is 2.82. The zero-order chi connectivity index (χ0) is 11.7. The molecule has 6 heteroatoms. The fourth-order valence-electron chi connectivity index (χ4n) is 1.87. The van der Waals surface area contributed by atoms with E-state index in [-0.39, 0.29) is 0 Å². The highest BCUT2D eigenvalue weighted by atomic mass is 16.5. The largest absolute Gasteiger partial charge is 0.497 e. The maximum Gasteiger partial charge on any atom is 0.121 e. The van der Waals surface area contributed by atoms with E-state index in [1.54, 1.807) is 12.0 Å². The lowest BCUT2D eigenvalue weighted by Crippen LogP contribution is -2.45. The maximum absolute atomic E-state index is 5.30. The number of ether oxygens (including phenoxy) is 2. The minimum absolute atomic E-state index is 0.723. The number of benzene rings is 1. The summed E-state index contributed by atoms with van der Waals surface area (Å²) in [6.07, 6.45) is 0. The van der Waals surface area contributed by atoms with E-state index in [0.29, 0.717) is 0 Å². The standard InChI is InChI=1S/C11H14N4O2/c1-16-9-2-3-10-11(8-9)13-15(12-10)14-4-6-17-7-5-14/h2-3,8H,4-7H2,1H3. The third kappa shape index (κ3) is 1.91. The molecule has 17 heavy (non-hydrogen) atoms. The Balaban J connectivity index is 1.95. The fourth-order valence-corrected chi connectivity index (χ4v) is 1.87. The van der Waals surface area contributed by atoms with Gasteiger partial charge in [0.25, 0.3) is 0 Å². The van der Waals surface area contributed by atoms with Gasteiger partial charge in [0.15, 0.2) is 0 Å². The van der Waals surface area contributed by atoms with Crippen LogP contribution in [0.2, 0.25) is 0 Å². The van der Waals surface area contributed by atoms with Gasteiger partial charge in [0, 0.05) is 6.07 Å². The molecular weight excluding hydrogens is 220 g/mol. The average molecular weight is 234 g/mol. The first-order valence-corrected chi connectivity index (χ1v) is 5.61. The molecule has 0 radical (unpaired) electrons. The number of morpholine rings is 1. The SMILES string of the molecule is COc1ccc2nn(N3CCOCC3)nc2c1. The van der Waals surface area contributed by atoms with Gasteiger partial charge in [-0.15, -0.1) is 10.2 Å². The van der Waals surface area contributed by atoms with Crippen molar-refractivity contribution in [2.24, 2.45) is 0 Å². The Bertz CT molecular complexity index is 519. The monoisotopic (exact) mass is 234 g/mol. The van der Waals surface area contributed by atoms with Gasteiger partial charge < -0.3 is 9.47 Å². The molecule has 0 saturated carbocycles. The van der Waals surface area contributed by atoms with Gasteiger partial charge in [-0.05, 0) is 12.1 Å². The van der Waals surface area contributed by atoms with Gasteiger partial charge in [0.2, 0.25) is 0 Å².